The number of nitrogens with zero attached hydrogens (tertiary/aromatic N) is 2. The van der Waals surface area contributed by atoms with Gasteiger partial charge in [0.15, 0.2) is 11.5 Å². The zero-order valence-electron chi connectivity index (χ0n) is 11.1. The summed E-state index contributed by atoms with van der Waals surface area (Å²) in [6.07, 6.45) is 1.04. The monoisotopic (exact) mass is 293 g/mol. The number of rotatable bonds is 2. The van der Waals surface area contributed by atoms with E-state index in [1.165, 1.54) is 0 Å². The van der Waals surface area contributed by atoms with E-state index in [-0.39, 0.29) is 12.8 Å². The molecule has 1 saturated heterocycles. The fraction of sp³-hybridized carbons (Fsp3) is 0.500. The Morgan fingerprint density at radius 1 is 1.30 bits per heavy atom. The lowest BCUT2D eigenvalue weighted by Gasteiger charge is -2.25. The van der Waals surface area contributed by atoms with Crippen LogP contribution in [0.15, 0.2) is 12.1 Å². The Kier molecular flexibility index (Phi) is 3.97. The summed E-state index contributed by atoms with van der Waals surface area (Å²) in [5.41, 5.74) is 0.864. The molecule has 0 bridgehead atoms. The molecule has 0 aromatic heterocycles. The van der Waals surface area contributed by atoms with Gasteiger partial charge in [0.05, 0.1) is 11.1 Å². The minimum Gasteiger partial charge on any atom is -0.454 e. The summed E-state index contributed by atoms with van der Waals surface area (Å²) in [5, 5.41) is 13.4. The van der Waals surface area contributed by atoms with Gasteiger partial charge in [-0.25, -0.2) is 0 Å². The average Bonchev–Trinajstić information content (AvgIpc) is 2.76. The smallest absolute Gasteiger partial charge is 0.231 e. The maximum atomic E-state index is 9.54. The van der Waals surface area contributed by atoms with Crippen molar-refractivity contribution in [1.82, 2.24) is 10.2 Å². The normalized spacial score (nSPS) is 20.2. The maximum Gasteiger partial charge on any atom is 0.231 e. The Bertz CT molecular complexity index is 536. The summed E-state index contributed by atoms with van der Waals surface area (Å²) >= 11 is 6.20. The third kappa shape index (κ3) is 2.55. The highest BCUT2D eigenvalue weighted by molar-refractivity contribution is 6.32. The molecule has 1 aromatic carbocycles. The molecule has 0 aliphatic carbocycles. The zero-order chi connectivity index (χ0) is 13.9. The van der Waals surface area contributed by atoms with Crippen molar-refractivity contribution < 1.29 is 9.47 Å². The molecule has 0 spiro atoms. The summed E-state index contributed by atoms with van der Waals surface area (Å²) in [6.45, 7) is 3.83. The van der Waals surface area contributed by atoms with Gasteiger partial charge in [0.2, 0.25) is 6.79 Å². The van der Waals surface area contributed by atoms with E-state index < -0.39 is 0 Å². The van der Waals surface area contributed by atoms with Crippen molar-refractivity contribution in [3.63, 3.8) is 0 Å². The summed E-state index contributed by atoms with van der Waals surface area (Å²) in [6, 6.07) is 5.74. The van der Waals surface area contributed by atoms with Crippen LogP contribution in [0.25, 0.3) is 0 Å². The minimum absolute atomic E-state index is 0.184. The van der Waals surface area contributed by atoms with Crippen LogP contribution in [0.5, 0.6) is 11.5 Å². The molecule has 0 saturated carbocycles. The second-order valence-electron chi connectivity index (χ2n) is 4.91. The Hall–Kier alpha value is -1.48. The molecule has 0 radical (unpaired) electrons. The van der Waals surface area contributed by atoms with E-state index in [2.05, 4.69) is 16.3 Å². The summed E-state index contributed by atoms with van der Waals surface area (Å²) in [4.78, 5) is 2.17. The van der Waals surface area contributed by atoms with E-state index >= 15 is 0 Å². The van der Waals surface area contributed by atoms with E-state index in [0.29, 0.717) is 16.5 Å². The molecule has 1 unspecified atom stereocenters. The lowest BCUT2D eigenvalue weighted by molar-refractivity contribution is 0.174. The number of ether oxygens (including phenoxy) is 2. The minimum atomic E-state index is -0.304. The van der Waals surface area contributed by atoms with Crippen molar-refractivity contribution in [3.05, 3.63) is 22.7 Å². The van der Waals surface area contributed by atoms with Crippen LogP contribution in [0.1, 0.15) is 18.0 Å². The highest BCUT2D eigenvalue weighted by atomic mass is 35.5. The van der Waals surface area contributed by atoms with Crippen molar-refractivity contribution in [2.45, 2.75) is 12.5 Å². The molecule has 5 nitrogen and oxygen atoms in total. The number of nitriles is 1. The standard InChI is InChI=1S/C14H16ClN3O2/c15-11-6-10(7-13-14(11)20-9-19-13)12(8-16)18-4-1-2-17-3-5-18/h6-7,12,17H,1-5,9H2. The van der Waals surface area contributed by atoms with Crippen LogP contribution in [0, 0.1) is 11.3 Å². The molecule has 6 heteroatoms. The Morgan fingerprint density at radius 2 is 2.20 bits per heavy atom. The Labute approximate surface area is 123 Å². The molecular formula is C14H16ClN3O2. The summed E-state index contributed by atoms with van der Waals surface area (Å²) in [5.74, 6) is 1.20. The van der Waals surface area contributed by atoms with Gasteiger partial charge >= 0.3 is 0 Å². The number of hydrogen-bond donors (Lipinski definition) is 1. The highest BCUT2D eigenvalue weighted by Crippen LogP contribution is 2.41. The molecule has 1 atom stereocenters. The van der Waals surface area contributed by atoms with Gasteiger partial charge in [-0.2, -0.15) is 5.26 Å². The largest absolute Gasteiger partial charge is 0.454 e. The van der Waals surface area contributed by atoms with Gasteiger partial charge in [-0.1, -0.05) is 11.6 Å². The van der Waals surface area contributed by atoms with Gasteiger partial charge < -0.3 is 14.8 Å². The van der Waals surface area contributed by atoms with E-state index in [1.807, 2.05) is 6.07 Å². The molecule has 2 aliphatic rings. The lowest BCUT2D eigenvalue weighted by atomic mass is 10.1. The number of benzene rings is 1. The molecule has 1 aromatic rings. The van der Waals surface area contributed by atoms with E-state index in [9.17, 15) is 5.26 Å². The van der Waals surface area contributed by atoms with Gasteiger partial charge in [-0.3, -0.25) is 4.90 Å². The quantitative estimate of drug-likeness (QED) is 0.903. The Morgan fingerprint density at radius 3 is 3.05 bits per heavy atom. The first-order valence-electron chi connectivity index (χ1n) is 6.73. The van der Waals surface area contributed by atoms with Gasteiger partial charge in [0.25, 0.3) is 0 Å². The van der Waals surface area contributed by atoms with Crippen LogP contribution in [-0.4, -0.2) is 37.9 Å². The Balaban J connectivity index is 1.89. The molecule has 1 N–H and O–H groups in total. The SMILES string of the molecule is N#CC(c1cc(Cl)c2c(c1)OCO2)N1CCCNCC1. The summed E-state index contributed by atoms with van der Waals surface area (Å²) < 4.78 is 10.7. The van der Waals surface area contributed by atoms with E-state index in [4.69, 9.17) is 21.1 Å². The first-order valence-corrected chi connectivity index (χ1v) is 7.11. The fourth-order valence-corrected chi connectivity index (χ4v) is 2.91. The zero-order valence-corrected chi connectivity index (χ0v) is 11.8. The molecule has 2 aliphatic heterocycles. The second kappa shape index (κ2) is 5.88. The molecule has 2 heterocycles. The molecule has 20 heavy (non-hydrogen) atoms. The van der Waals surface area contributed by atoms with Crippen LogP contribution in [0.2, 0.25) is 5.02 Å². The number of nitrogens with one attached hydrogen (secondary N) is 1. The summed E-state index contributed by atoms with van der Waals surface area (Å²) in [7, 11) is 0. The lowest BCUT2D eigenvalue weighted by Crippen LogP contribution is -2.31. The maximum absolute atomic E-state index is 9.54. The predicted octanol–water partition coefficient (Wildman–Crippen LogP) is 1.93. The molecular weight excluding hydrogens is 278 g/mol. The average molecular weight is 294 g/mol. The van der Waals surface area contributed by atoms with Crippen LogP contribution < -0.4 is 14.8 Å². The van der Waals surface area contributed by atoms with Crippen LogP contribution in [-0.2, 0) is 0 Å². The van der Waals surface area contributed by atoms with Gasteiger partial charge in [0.1, 0.15) is 6.04 Å². The highest BCUT2D eigenvalue weighted by Gasteiger charge is 2.25. The van der Waals surface area contributed by atoms with Gasteiger partial charge in [-0.05, 0) is 30.7 Å². The second-order valence-corrected chi connectivity index (χ2v) is 5.31. The van der Waals surface area contributed by atoms with Gasteiger partial charge in [0, 0.05) is 19.6 Å². The first kappa shape index (κ1) is 13.5. The van der Waals surface area contributed by atoms with Crippen molar-refractivity contribution in [2.75, 3.05) is 33.0 Å². The number of halogens is 1. The molecule has 1 fully saturated rings. The van der Waals surface area contributed by atoms with Crippen molar-refractivity contribution in [2.24, 2.45) is 0 Å². The molecule has 0 amide bonds. The third-order valence-electron chi connectivity index (χ3n) is 3.63. The van der Waals surface area contributed by atoms with Crippen LogP contribution in [0.3, 0.4) is 0 Å². The topological polar surface area (TPSA) is 57.5 Å². The van der Waals surface area contributed by atoms with Crippen molar-refractivity contribution >= 4 is 11.6 Å². The molecule has 3 rings (SSSR count). The van der Waals surface area contributed by atoms with Crippen LogP contribution in [0.4, 0.5) is 0 Å². The van der Waals surface area contributed by atoms with Gasteiger partial charge in [-0.15, -0.1) is 0 Å². The van der Waals surface area contributed by atoms with E-state index in [1.54, 1.807) is 6.07 Å². The first-order chi connectivity index (χ1) is 9.79. The number of hydrogen-bond acceptors (Lipinski definition) is 5. The van der Waals surface area contributed by atoms with Crippen molar-refractivity contribution in [3.8, 4) is 17.6 Å². The third-order valence-corrected chi connectivity index (χ3v) is 3.91. The van der Waals surface area contributed by atoms with Crippen molar-refractivity contribution in [1.29, 1.82) is 5.26 Å². The fourth-order valence-electron chi connectivity index (χ4n) is 2.64. The predicted molar refractivity (Wildman–Crippen MR) is 75.0 cm³/mol. The van der Waals surface area contributed by atoms with Crippen LogP contribution >= 0.6 is 11.6 Å². The number of fused-ring (bicyclic) bond motifs is 1. The molecule has 106 valence electrons. The van der Waals surface area contributed by atoms with E-state index in [0.717, 1.165) is 38.2 Å².